The van der Waals surface area contributed by atoms with Gasteiger partial charge in [0.25, 0.3) is 0 Å². The second kappa shape index (κ2) is 8.86. The van der Waals surface area contributed by atoms with Gasteiger partial charge in [0.05, 0.1) is 19.7 Å². The molecule has 0 radical (unpaired) electrons. The quantitative estimate of drug-likeness (QED) is 0.319. The number of benzene rings is 1. The first kappa shape index (κ1) is 21.4. The fraction of sp³-hybridized carbons (Fsp3) is 0.200. The first-order valence-corrected chi connectivity index (χ1v) is 10.8. The predicted molar refractivity (Wildman–Crippen MR) is 118 cm³/mol. The number of nitrogens with zero attached hydrogens (tertiary/aromatic N) is 3. The maximum absolute atomic E-state index is 13.6. The summed E-state index contributed by atoms with van der Waals surface area (Å²) in [4.78, 5) is 35.1. The van der Waals surface area contributed by atoms with Crippen LogP contribution >= 0.6 is 0 Å². The molecule has 1 N–H and O–H groups in total. The van der Waals surface area contributed by atoms with Crippen molar-refractivity contribution in [3.05, 3.63) is 90.2 Å². The number of aryl methyl sites for hydroxylation is 1. The number of para-hydroxylation sites is 1. The highest BCUT2D eigenvalue weighted by atomic mass is 16.5. The van der Waals surface area contributed by atoms with E-state index in [1.807, 2.05) is 17.1 Å². The predicted octanol–water partition coefficient (Wildman–Crippen LogP) is 1.92. The molecule has 4 heterocycles. The van der Waals surface area contributed by atoms with Crippen LogP contribution < -0.4 is 14.4 Å². The number of ketones is 1. The zero-order valence-corrected chi connectivity index (χ0v) is 18.4. The number of ether oxygens (including phenoxy) is 1. The van der Waals surface area contributed by atoms with Crippen LogP contribution in [0.1, 0.15) is 28.6 Å². The third-order valence-corrected chi connectivity index (χ3v) is 5.90. The van der Waals surface area contributed by atoms with Gasteiger partial charge in [0.1, 0.15) is 12.4 Å². The fourth-order valence-corrected chi connectivity index (χ4v) is 4.31. The van der Waals surface area contributed by atoms with Gasteiger partial charge in [-0.1, -0.05) is 18.2 Å². The number of imidazole rings is 1. The summed E-state index contributed by atoms with van der Waals surface area (Å²) in [6, 6.07) is 9.49. The number of carbonyl (C=O) groups excluding carboxylic acids is 2. The standard InChI is InChI=1S/C25H22N4O5/c1-33-18-7-2-5-16-13-19(34-24(16)18)22(30)20-21(17-6-3-8-26-14-17)29(25(32)23(20)31)11-4-10-28-12-9-27-15-28/h2-3,5-9,12-15,21H,4,10-11H2,1H3,(H,30,31). The molecule has 0 aliphatic carbocycles. The van der Waals surface area contributed by atoms with Crippen molar-refractivity contribution in [2.24, 2.45) is 0 Å². The molecule has 4 aromatic rings. The third kappa shape index (κ3) is 3.71. The Bertz CT molecular complexity index is 1380. The lowest BCUT2D eigenvalue weighted by Crippen LogP contribution is -2.37. The molecule has 172 valence electrons. The number of Topliss-reactive ketones (excluding diaryl/α,β-unsaturated/α-hetero) is 1. The minimum Gasteiger partial charge on any atom is -0.868 e. The van der Waals surface area contributed by atoms with Crippen molar-refractivity contribution in [2.75, 3.05) is 13.7 Å². The zero-order valence-electron chi connectivity index (χ0n) is 18.4. The summed E-state index contributed by atoms with van der Waals surface area (Å²) in [5, 5.41) is 13.8. The van der Waals surface area contributed by atoms with Gasteiger partial charge in [-0.2, -0.15) is 0 Å². The van der Waals surface area contributed by atoms with Crippen LogP contribution in [0, 0.1) is 0 Å². The number of pyridine rings is 1. The second-order valence-corrected chi connectivity index (χ2v) is 7.95. The molecule has 1 unspecified atom stereocenters. The lowest BCUT2D eigenvalue weighted by Gasteiger charge is -2.27. The highest BCUT2D eigenvalue weighted by Crippen LogP contribution is 2.39. The number of nitrogens with one attached hydrogen (secondary N) is 1. The number of hydrogen-bond acceptors (Lipinski definition) is 6. The maximum atomic E-state index is 13.6. The van der Waals surface area contributed by atoms with Crippen molar-refractivity contribution < 1.29 is 28.4 Å². The van der Waals surface area contributed by atoms with Gasteiger partial charge in [-0.3, -0.25) is 19.6 Å². The topological polar surface area (TPSA) is 115 Å². The molecule has 0 saturated heterocycles. The van der Waals surface area contributed by atoms with Gasteiger partial charge in [-0.05, 0) is 29.5 Å². The normalized spacial score (nSPS) is 16.0. The summed E-state index contributed by atoms with van der Waals surface area (Å²) in [6.45, 7) is 0.945. The fourth-order valence-electron chi connectivity index (χ4n) is 4.31. The molecule has 9 heteroatoms. The lowest BCUT2D eigenvalue weighted by molar-refractivity contribution is -0.695. The van der Waals surface area contributed by atoms with Crippen LogP contribution in [-0.2, 0) is 11.3 Å². The first-order valence-electron chi connectivity index (χ1n) is 10.8. The number of aromatic nitrogens is 3. The molecule has 0 fully saturated rings. The van der Waals surface area contributed by atoms with Crippen LogP contribution in [0.15, 0.2) is 83.3 Å². The average molecular weight is 458 g/mol. The minimum atomic E-state index is -0.840. The Morgan fingerprint density at radius 3 is 2.94 bits per heavy atom. The summed E-state index contributed by atoms with van der Waals surface area (Å²) >= 11 is 0. The number of furan rings is 1. The highest BCUT2D eigenvalue weighted by Gasteiger charge is 2.40. The van der Waals surface area contributed by atoms with Crippen LogP contribution in [-0.4, -0.2) is 40.2 Å². The third-order valence-electron chi connectivity index (χ3n) is 5.90. The second-order valence-electron chi connectivity index (χ2n) is 7.95. The molecule has 1 atom stereocenters. The number of fused-ring (bicyclic) bond motifs is 1. The van der Waals surface area contributed by atoms with E-state index in [1.165, 1.54) is 12.0 Å². The van der Waals surface area contributed by atoms with Crippen molar-refractivity contribution in [1.29, 1.82) is 0 Å². The van der Waals surface area contributed by atoms with Crippen molar-refractivity contribution in [3.8, 4) is 5.75 Å². The minimum absolute atomic E-state index is 0.0192. The molecule has 1 aromatic carbocycles. The Morgan fingerprint density at radius 1 is 1.32 bits per heavy atom. The summed E-state index contributed by atoms with van der Waals surface area (Å²) in [5.74, 6) is -1.68. The van der Waals surface area contributed by atoms with E-state index in [0.29, 0.717) is 41.8 Å². The Labute approximate surface area is 194 Å². The van der Waals surface area contributed by atoms with Gasteiger partial charge in [0, 0.05) is 36.3 Å². The number of rotatable bonds is 8. The number of hydrogen-bond donors (Lipinski definition) is 1. The van der Waals surface area contributed by atoms with Crippen molar-refractivity contribution in [2.45, 2.75) is 19.0 Å². The van der Waals surface area contributed by atoms with Crippen LogP contribution in [0.5, 0.6) is 5.75 Å². The van der Waals surface area contributed by atoms with E-state index in [0.717, 1.165) is 0 Å². The van der Waals surface area contributed by atoms with E-state index in [9.17, 15) is 14.7 Å². The number of aromatic amines is 1. The first-order chi connectivity index (χ1) is 16.6. The highest BCUT2D eigenvalue weighted by molar-refractivity contribution is 6.15. The van der Waals surface area contributed by atoms with Crippen LogP contribution in [0.3, 0.4) is 0 Å². The molecular weight excluding hydrogens is 436 g/mol. The van der Waals surface area contributed by atoms with E-state index >= 15 is 0 Å². The molecule has 0 spiro atoms. The molecular formula is C25H22N4O5. The Balaban J connectivity index is 1.50. The van der Waals surface area contributed by atoms with Crippen molar-refractivity contribution in [3.63, 3.8) is 0 Å². The van der Waals surface area contributed by atoms with Crippen molar-refractivity contribution in [1.82, 2.24) is 14.9 Å². The van der Waals surface area contributed by atoms with Crippen molar-refractivity contribution >= 4 is 22.7 Å². The van der Waals surface area contributed by atoms with Gasteiger partial charge in [-0.25, -0.2) is 4.57 Å². The van der Waals surface area contributed by atoms with E-state index in [-0.39, 0.29) is 11.3 Å². The summed E-state index contributed by atoms with van der Waals surface area (Å²) in [5.41, 5.74) is 0.863. The van der Waals surface area contributed by atoms with Gasteiger partial charge in [0.15, 0.2) is 17.1 Å². The monoisotopic (exact) mass is 458 g/mol. The number of H-pyrrole nitrogens is 1. The average Bonchev–Trinajstić information content (AvgIpc) is 3.59. The summed E-state index contributed by atoms with van der Waals surface area (Å²) < 4.78 is 13.1. The summed E-state index contributed by atoms with van der Waals surface area (Å²) in [7, 11) is 1.51. The van der Waals surface area contributed by atoms with Gasteiger partial charge in [-0.15, -0.1) is 0 Å². The number of carbonyl (C=O) groups is 2. The molecule has 0 saturated carbocycles. The van der Waals surface area contributed by atoms with Gasteiger partial charge < -0.3 is 19.2 Å². The smallest absolute Gasteiger partial charge is 0.241 e. The Morgan fingerprint density at radius 2 is 2.21 bits per heavy atom. The Hall–Kier alpha value is -4.40. The molecule has 5 rings (SSSR count). The molecule has 1 aliphatic rings. The maximum Gasteiger partial charge on any atom is 0.241 e. The number of amides is 1. The van der Waals surface area contributed by atoms with Gasteiger partial charge >= 0.3 is 0 Å². The van der Waals surface area contributed by atoms with E-state index in [2.05, 4.69) is 9.97 Å². The molecule has 0 bridgehead atoms. The Kier molecular flexibility index (Phi) is 5.59. The van der Waals surface area contributed by atoms with Crippen LogP contribution in [0.25, 0.3) is 11.0 Å². The lowest BCUT2D eigenvalue weighted by atomic mass is 9.96. The molecule has 1 amide bonds. The van der Waals surface area contributed by atoms with E-state index < -0.39 is 23.5 Å². The molecule has 9 nitrogen and oxygen atoms in total. The van der Waals surface area contributed by atoms with Crippen LogP contribution in [0.4, 0.5) is 0 Å². The zero-order chi connectivity index (χ0) is 23.7. The molecule has 1 aliphatic heterocycles. The number of methoxy groups -OCH3 is 1. The largest absolute Gasteiger partial charge is 0.868 e. The van der Waals surface area contributed by atoms with Crippen LogP contribution in [0.2, 0.25) is 0 Å². The summed E-state index contributed by atoms with van der Waals surface area (Å²) in [6.07, 6.45) is 9.26. The molecule has 3 aromatic heterocycles. The SMILES string of the molecule is COc1cccc2cc(C(=O)C3=C([O-])C(=O)N(CCC[n+]4cc[nH]c4)C3c3cccnc3)oc12. The molecule has 34 heavy (non-hydrogen) atoms. The van der Waals surface area contributed by atoms with E-state index in [4.69, 9.17) is 9.15 Å². The van der Waals surface area contributed by atoms with E-state index in [1.54, 1.807) is 55.0 Å². The van der Waals surface area contributed by atoms with Gasteiger partial charge in [0.2, 0.25) is 18.0 Å².